The number of ether oxygens (including phenoxy) is 1. The first kappa shape index (κ1) is 21.2. The summed E-state index contributed by atoms with van der Waals surface area (Å²) in [6.45, 7) is 1.91. The lowest BCUT2D eigenvalue weighted by atomic mass is 10.1. The molecule has 8 heteroatoms. The SMILES string of the molecule is COc1ccc(-c2nc3ccccc3s2)cc1NC(=S)NC(=O)c1ccc(C)cc1Cl. The molecule has 31 heavy (non-hydrogen) atoms. The summed E-state index contributed by atoms with van der Waals surface area (Å²) >= 11 is 13.1. The lowest BCUT2D eigenvalue weighted by Crippen LogP contribution is -2.34. The summed E-state index contributed by atoms with van der Waals surface area (Å²) in [7, 11) is 1.57. The number of nitrogens with zero attached hydrogens (tertiary/aromatic N) is 1. The fourth-order valence-electron chi connectivity index (χ4n) is 3.06. The third kappa shape index (κ3) is 4.69. The lowest BCUT2D eigenvalue weighted by Gasteiger charge is -2.14. The van der Waals surface area contributed by atoms with Gasteiger partial charge in [0.2, 0.25) is 0 Å². The van der Waals surface area contributed by atoms with Crippen LogP contribution in [-0.4, -0.2) is 23.1 Å². The molecule has 0 saturated heterocycles. The van der Waals surface area contributed by atoms with E-state index in [1.165, 1.54) is 0 Å². The maximum absolute atomic E-state index is 12.6. The number of hydrogen-bond donors (Lipinski definition) is 2. The Bertz CT molecular complexity index is 1270. The number of aryl methyl sites for hydroxylation is 1. The average Bonchev–Trinajstić information content (AvgIpc) is 3.17. The summed E-state index contributed by atoms with van der Waals surface area (Å²) in [6.07, 6.45) is 0. The van der Waals surface area contributed by atoms with Crippen molar-refractivity contribution in [2.45, 2.75) is 6.92 Å². The number of amides is 1. The van der Waals surface area contributed by atoms with Gasteiger partial charge in [0.15, 0.2) is 5.11 Å². The molecule has 0 bridgehead atoms. The molecule has 0 atom stereocenters. The number of halogens is 1. The largest absolute Gasteiger partial charge is 0.495 e. The van der Waals surface area contributed by atoms with Crippen molar-refractivity contribution < 1.29 is 9.53 Å². The molecule has 5 nitrogen and oxygen atoms in total. The Balaban J connectivity index is 1.56. The van der Waals surface area contributed by atoms with Crippen molar-refractivity contribution in [3.05, 3.63) is 76.8 Å². The van der Waals surface area contributed by atoms with Crippen LogP contribution in [0.15, 0.2) is 60.7 Å². The minimum atomic E-state index is -0.385. The number of fused-ring (bicyclic) bond motifs is 1. The Kier molecular flexibility index (Phi) is 6.18. The van der Waals surface area contributed by atoms with E-state index in [4.69, 9.17) is 33.5 Å². The quantitative estimate of drug-likeness (QED) is 0.357. The van der Waals surface area contributed by atoms with Gasteiger partial charge in [-0.05, 0) is 67.2 Å². The van der Waals surface area contributed by atoms with Gasteiger partial charge in [-0.1, -0.05) is 29.8 Å². The van der Waals surface area contributed by atoms with Gasteiger partial charge in [0.05, 0.1) is 33.6 Å². The molecular formula is C23H18ClN3O2S2. The number of aromatic nitrogens is 1. The van der Waals surface area contributed by atoms with E-state index < -0.39 is 0 Å². The van der Waals surface area contributed by atoms with Gasteiger partial charge in [0.25, 0.3) is 5.91 Å². The van der Waals surface area contributed by atoms with Gasteiger partial charge in [-0.25, -0.2) is 4.98 Å². The van der Waals surface area contributed by atoms with Crippen LogP contribution in [0.1, 0.15) is 15.9 Å². The monoisotopic (exact) mass is 467 g/mol. The van der Waals surface area contributed by atoms with E-state index in [1.54, 1.807) is 30.6 Å². The highest BCUT2D eigenvalue weighted by Gasteiger charge is 2.15. The van der Waals surface area contributed by atoms with E-state index in [2.05, 4.69) is 10.6 Å². The van der Waals surface area contributed by atoms with E-state index in [0.717, 1.165) is 26.4 Å². The van der Waals surface area contributed by atoms with Crippen molar-refractivity contribution in [2.24, 2.45) is 0 Å². The van der Waals surface area contributed by atoms with Crippen molar-refractivity contribution >= 4 is 62.1 Å². The highest BCUT2D eigenvalue weighted by atomic mass is 35.5. The van der Waals surface area contributed by atoms with E-state index in [0.29, 0.717) is 22.0 Å². The smallest absolute Gasteiger partial charge is 0.258 e. The van der Waals surface area contributed by atoms with Crippen molar-refractivity contribution in [1.29, 1.82) is 0 Å². The van der Waals surface area contributed by atoms with Gasteiger partial charge >= 0.3 is 0 Å². The van der Waals surface area contributed by atoms with Gasteiger partial charge in [-0.15, -0.1) is 11.3 Å². The van der Waals surface area contributed by atoms with Crippen molar-refractivity contribution in [1.82, 2.24) is 10.3 Å². The standard InChI is InChI=1S/C23H18ClN3O2S2/c1-13-7-9-15(16(24)11-13)21(28)27-23(30)26-18-12-14(8-10-19(18)29-2)22-25-17-5-3-4-6-20(17)31-22/h3-12H,1-2H3,(H2,26,27,28,30). The van der Waals surface area contributed by atoms with Crippen LogP contribution in [0, 0.1) is 6.92 Å². The summed E-state index contributed by atoms with van der Waals surface area (Å²) in [5, 5.41) is 7.10. The predicted octanol–water partition coefficient (Wildman–Crippen LogP) is 6.06. The number of thiazole rings is 1. The zero-order valence-corrected chi connectivity index (χ0v) is 19.1. The first-order chi connectivity index (χ1) is 14.9. The maximum atomic E-state index is 12.6. The summed E-state index contributed by atoms with van der Waals surface area (Å²) in [4.78, 5) is 17.3. The molecule has 2 N–H and O–H groups in total. The van der Waals surface area contributed by atoms with E-state index in [9.17, 15) is 4.79 Å². The second-order valence-corrected chi connectivity index (χ2v) is 8.64. The third-order valence-electron chi connectivity index (χ3n) is 4.58. The second kappa shape index (κ2) is 9.01. The number of carbonyl (C=O) groups is 1. The molecule has 0 aliphatic carbocycles. The Labute approximate surface area is 194 Å². The molecule has 0 spiro atoms. The molecule has 0 aliphatic rings. The van der Waals surface area contributed by atoms with Gasteiger partial charge in [-0.3, -0.25) is 10.1 Å². The molecule has 0 aliphatic heterocycles. The molecule has 1 heterocycles. The van der Waals surface area contributed by atoms with Crippen molar-refractivity contribution in [3.63, 3.8) is 0 Å². The summed E-state index contributed by atoms with van der Waals surface area (Å²) in [6, 6.07) is 18.9. The van der Waals surface area contributed by atoms with Crippen LogP contribution >= 0.6 is 35.2 Å². The minimum absolute atomic E-state index is 0.140. The first-order valence-electron chi connectivity index (χ1n) is 9.37. The normalized spacial score (nSPS) is 10.7. The number of methoxy groups -OCH3 is 1. The molecule has 0 radical (unpaired) electrons. The molecule has 156 valence electrons. The van der Waals surface area contributed by atoms with Crippen LogP contribution < -0.4 is 15.4 Å². The van der Waals surface area contributed by atoms with Gasteiger partial charge in [0, 0.05) is 5.56 Å². The van der Waals surface area contributed by atoms with Crippen LogP contribution in [0.2, 0.25) is 5.02 Å². The Hall–Kier alpha value is -3.00. The lowest BCUT2D eigenvalue weighted by molar-refractivity contribution is 0.0978. The van der Waals surface area contributed by atoms with E-state index >= 15 is 0 Å². The Morgan fingerprint density at radius 1 is 1.13 bits per heavy atom. The molecule has 3 aromatic carbocycles. The fraction of sp³-hybridized carbons (Fsp3) is 0.0870. The predicted molar refractivity (Wildman–Crippen MR) is 131 cm³/mol. The summed E-state index contributed by atoms with van der Waals surface area (Å²) in [5.41, 5.74) is 3.82. The number of thiocarbonyl (C=S) groups is 1. The zero-order valence-electron chi connectivity index (χ0n) is 16.7. The maximum Gasteiger partial charge on any atom is 0.258 e. The van der Waals surface area contributed by atoms with Crippen LogP contribution in [0.4, 0.5) is 5.69 Å². The Morgan fingerprint density at radius 3 is 2.68 bits per heavy atom. The minimum Gasteiger partial charge on any atom is -0.495 e. The Morgan fingerprint density at radius 2 is 1.94 bits per heavy atom. The van der Waals surface area contributed by atoms with Crippen molar-refractivity contribution in [2.75, 3.05) is 12.4 Å². The van der Waals surface area contributed by atoms with Gasteiger partial charge < -0.3 is 10.1 Å². The van der Waals surface area contributed by atoms with Crippen molar-refractivity contribution in [3.8, 4) is 16.3 Å². The average molecular weight is 468 g/mol. The number of nitrogens with one attached hydrogen (secondary N) is 2. The molecule has 1 aromatic heterocycles. The number of rotatable bonds is 4. The summed E-state index contributed by atoms with van der Waals surface area (Å²) < 4.78 is 6.56. The van der Waals surface area contributed by atoms with Crippen LogP contribution in [-0.2, 0) is 0 Å². The van der Waals surface area contributed by atoms with Crippen LogP contribution in [0.5, 0.6) is 5.75 Å². The molecule has 0 fully saturated rings. The molecule has 0 saturated carbocycles. The topological polar surface area (TPSA) is 63.2 Å². The molecular weight excluding hydrogens is 450 g/mol. The van der Waals surface area contributed by atoms with Crippen LogP contribution in [0.3, 0.4) is 0 Å². The highest BCUT2D eigenvalue weighted by molar-refractivity contribution is 7.80. The number of para-hydroxylation sites is 1. The highest BCUT2D eigenvalue weighted by Crippen LogP contribution is 2.34. The number of anilines is 1. The van der Waals surface area contributed by atoms with Crippen LogP contribution in [0.25, 0.3) is 20.8 Å². The van der Waals surface area contributed by atoms with Gasteiger partial charge in [-0.2, -0.15) is 0 Å². The number of carbonyl (C=O) groups excluding carboxylic acids is 1. The third-order valence-corrected chi connectivity index (χ3v) is 6.19. The second-order valence-electron chi connectivity index (χ2n) is 6.79. The molecule has 4 aromatic rings. The zero-order chi connectivity index (χ0) is 22.0. The first-order valence-corrected chi connectivity index (χ1v) is 11.0. The fourth-order valence-corrected chi connectivity index (χ4v) is 4.55. The summed E-state index contributed by atoms with van der Waals surface area (Å²) in [5.74, 6) is 0.207. The molecule has 4 rings (SSSR count). The molecule has 1 amide bonds. The molecule has 0 unspecified atom stereocenters. The number of benzene rings is 3. The van der Waals surface area contributed by atoms with Gasteiger partial charge in [0.1, 0.15) is 10.8 Å². The van der Waals surface area contributed by atoms with E-state index in [-0.39, 0.29) is 11.0 Å². The number of hydrogen-bond acceptors (Lipinski definition) is 5. The van der Waals surface area contributed by atoms with E-state index in [1.807, 2.05) is 55.5 Å².